The van der Waals surface area contributed by atoms with Gasteiger partial charge in [0.05, 0.1) is 5.69 Å². The summed E-state index contributed by atoms with van der Waals surface area (Å²) in [6.45, 7) is 3.96. The Kier molecular flexibility index (Phi) is 1.23. The van der Waals surface area contributed by atoms with E-state index in [2.05, 4.69) is 27.8 Å². The summed E-state index contributed by atoms with van der Waals surface area (Å²) >= 11 is 1.75. The molecule has 11 heavy (non-hydrogen) atoms. The standard InChI is InChI=1S/C8H10N2S/c1-6-9(2)7-4-5-11-8(7)10(6)3/h4-5H,1H2,2-3H3. The van der Waals surface area contributed by atoms with Gasteiger partial charge in [-0.25, -0.2) is 0 Å². The van der Waals surface area contributed by atoms with Crippen molar-refractivity contribution in [2.75, 3.05) is 23.9 Å². The van der Waals surface area contributed by atoms with Gasteiger partial charge in [-0.05, 0) is 11.4 Å². The first-order valence-electron chi connectivity index (χ1n) is 3.45. The first-order valence-corrected chi connectivity index (χ1v) is 4.33. The molecule has 2 heterocycles. The molecule has 1 aliphatic rings. The van der Waals surface area contributed by atoms with E-state index in [4.69, 9.17) is 0 Å². The molecule has 0 N–H and O–H groups in total. The third-order valence-corrected chi connectivity index (χ3v) is 3.04. The molecule has 0 atom stereocenters. The molecule has 0 saturated heterocycles. The summed E-state index contributed by atoms with van der Waals surface area (Å²) in [5.41, 5.74) is 1.27. The molecule has 2 rings (SSSR count). The Morgan fingerprint density at radius 3 is 2.73 bits per heavy atom. The second-order valence-electron chi connectivity index (χ2n) is 2.65. The highest BCUT2D eigenvalue weighted by Crippen LogP contribution is 2.42. The fourth-order valence-corrected chi connectivity index (χ4v) is 2.20. The summed E-state index contributed by atoms with van der Waals surface area (Å²) in [4.78, 5) is 4.21. The Morgan fingerprint density at radius 2 is 2.09 bits per heavy atom. The van der Waals surface area contributed by atoms with Crippen molar-refractivity contribution in [2.24, 2.45) is 0 Å². The number of rotatable bonds is 0. The van der Waals surface area contributed by atoms with Crippen LogP contribution in [0.25, 0.3) is 0 Å². The SMILES string of the molecule is C=C1N(C)c2ccsc2N1C. The van der Waals surface area contributed by atoms with Crippen molar-refractivity contribution in [3.8, 4) is 0 Å². The lowest BCUT2D eigenvalue weighted by atomic mass is 10.5. The van der Waals surface area contributed by atoms with E-state index in [0.29, 0.717) is 0 Å². The van der Waals surface area contributed by atoms with E-state index in [9.17, 15) is 0 Å². The Labute approximate surface area is 70.4 Å². The summed E-state index contributed by atoms with van der Waals surface area (Å²) in [6.07, 6.45) is 0. The van der Waals surface area contributed by atoms with Crippen LogP contribution in [0.4, 0.5) is 10.7 Å². The second kappa shape index (κ2) is 2.01. The molecule has 2 nitrogen and oxygen atoms in total. The van der Waals surface area contributed by atoms with E-state index in [-0.39, 0.29) is 0 Å². The van der Waals surface area contributed by atoms with Crippen LogP contribution in [0.15, 0.2) is 23.8 Å². The lowest BCUT2D eigenvalue weighted by Gasteiger charge is -2.16. The van der Waals surface area contributed by atoms with E-state index in [1.54, 1.807) is 11.3 Å². The molecular formula is C8H10N2S. The summed E-state index contributed by atoms with van der Waals surface area (Å²) < 4.78 is 0. The minimum atomic E-state index is 1.05. The van der Waals surface area contributed by atoms with Crippen LogP contribution >= 0.6 is 11.3 Å². The van der Waals surface area contributed by atoms with Gasteiger partial charge in [-0.3, -0.25) is 0 Å². The zero-order chi connectivity index (χ0) is 8.01. The summed E-state index contributed by atoms with van der Waals surface area (Å²) in [6, 6.07) is 2.12. The van der Waals surface area contributed by atoms with Crippen LogP contribution in [0.3, 0.4) is 0 Å². The second-order valence-corrected chi connectivity index (χ2v) is 3.54. The predicted molar refractivity (Wildman–Crippen MR) is 50.3 cm³/mol. The van der Waals surface area contributed by atoms with Gasteiger partial charge in [0.2, 0.25) is 0 Å². The smallest absolute Gasteiger partial charge is 0.120 e. The largest absolute Gasteiger partial charge is 0.329 e. The highest BCUT2D eigenvalue weighted by Gasteiger charge is 2.24. The van der Waals surface area contributed by atoms with E-state index in [0.717, 1.165) is 5.82 Å². The molecule has 0 aromatic carbocycles. The van der Waals surface area contributed by atoms with Gasteiger partial charge in [0.25, 0.3) is 0 Å². The van der Waals surface area contributed by atoms with Crippen LogP contribution in [0.1, 0.15) is 0 Å². The van der Waals surface area contributed by atoms with Crippen LogP contribution in [0.2, 0.25) is 0 Å². The van der Waals surface area contributed by atoms with E-state index >= 15 is 0 Å². The fraction of sp³-hybridized carbons (Fsp3) is 0.250. The van der Waals surface area contributed by atoms with Gasteiger partial charge in [-0.2, -0.15) is 0 Å². The molecular weight excluding hydrogens is 156 g/mol. The number of anilines is 2. The molecule has 0 spiro atoms. The number of hydrogen-bond donors (Lipinski definition) is 0. The highest BCUT2D eigenvalue weighted by molar-refractivity contribution is 7.15. The van der Waals surface area contributed by atoms with Crippen molar-refractivity contribution in [3.05, 3.63) is 23.8 Å². The minimum absolute atomic E-state index is 1.05. The molecule has 1 aromatic rings. The quantitative estimate of drug-likeness (QED) is 0.582. The maximum Gasteiger partial charge on any atom is 0.120 e. The molecule has 0 unspecified atom stereocenters. The molecule has 1 aromatic heterocycles. The summed E-state index contributed by atoms with van der Waals surface area (Å²) in [5, 5.41) is 3.39. The van der Waals surface area contributed by atoms with Crippen molar-refractivity contribution in [1.29, 1.82) is 0 Å². The maximum atomic E-state index is 3.96. The molecule has 0 amide bonds. The zero-order valence-electron chi connectivity index (χ0n) is 6.66. The van der Waals surface area contributed by atoms with Gasteiger partial charge in [0.15, 0.2) is 0 Å². The van der Waals surface area contributed by atoms with Gasteiger partial charge in [0.1, 0.15) is 10.8 Å². The van der Waals surface area contributed by atoms with Crippen LogP contribution in [0.5, 0.6) is 0 Å². The molecule has 3 heteroatoms. The van der Waals surface area contributed by atoms with Crippen molar-refractivity contribution >= 4 is 22.0 Å². The molecule has 0 saturated carbocycles. The van der Waals surface area contributed by atoms with Crippen LogP contribution in [-0.2, 0) is 0 Å². The van der Waals surface area contributed by atoms with E-state index in [1.807, 2.05) is 14.1 Å². The number of nitrogens with zero attached hydrogens (tertiary/aromatic N) is 2. The number of hydrogen-bond acceptors (Lipinski definition) is 3. The number of fused-ring (bicyclic) bond motifs is 1. The first kappa shape index (κ1) is 6.73. The normalized spacial score (nSPS) is 16.0. The van der Waals surface area contributed by atoms with Gasteiger partial charge >= 0.3 is 0 Å². The third-order valence-electron chi connectivity index (χ3n) is 2.07. The Hall–Kier alpha value is -0.960. The van der Waals surface area contributed by atoms with Crippen molar-refractivity contribution < 1.29 is 0 Å². The van der Waals surface area contributed by atoms with Crippen molar-refractivity contribution in [3.63, 3.8) is 0 Å². The Bertz CT molecular complexity index is 276. The molecule has 0 radical (unpaired) electrons. The van der Waals surface area contributed by atoms with Gasteiger partial charge in [-0.15, -0.1) is 11.3 Å². The molecule has 0 bridgehead atoms. The van der Waals surface area contributed by atoms with Crippen LogP contribution < -0.4 is 9.80 Å². The molecule has 0 fully saturated rings. The van der Waals surface area contributed by atoms with Crippen molar-refractivity contribution in [2.45, 2.75) is 0 Å². The lowest BCUT2D eigenvalue weighted by molar-refractivity contribution is 1.06. The first-order chi connectivity index (χ1) is 5.22. The fourth-order valence-electron chi connectivity index (χ4n) is 1.28. The zero-order valence-corrected chi connectivity index (χ0v) is 7.48. The van der Waals surface area contributed by atoms with Crippen LogP contribution in [0, 0.1) is 0 Å². The van der Waals surface area contributed by atoms with Gasteiger partial charge < -0.3 is 9.80 Å². The maximum absolute atomic E-state index is 3.96. The Balaban J connectivity index is 2.56. The minimum Gasteiger partial charge on any atom is -0.329 e. The van der Waals surface area contributed by atoms with Gasteiger partial charge in [0, 0.05) is 14.1 Å². The molecule has 1 aliphatic heterocycles. The van der Waals surface area contributed by atoms with Gasteiger partial charge in [-0.1, -0.05) is 6.58 Å². The third kappa shape index (κ3) is 0.715. The molecule has 0 aliphatic carbocycles. The lowest BCUT2D eigenvalue weighted by Crippen LogP contribution is -2.20. The summed E-state index contributed by atoms with van der Waals surface area (Å²) in [7, 11) is 4.08. The van der Waals surface area contributed by atoms with E-state index in [1.165, 1.54) is 10.7 Å². The molecule has 58 valence electrons. The average Bonchev–Trinajstić information content (AvgIpc) is 2.53. The monoisotopic (exact) mass is 166 g/mol. The number of thiophene rings is 1. The summed E-state index contributed by atoms with van der Waals surface area (Å²) in [5.74, 6) is 1.05. The average molecular weight is 166 g/mol. The van der Waals surface area contributed by atoms with Crippen molar-refractivity contribution in [1.82, 2.24) is 0 Å². The predicted octanol–water partition coefficient (Wildman–Crippen LogP) is 2.11. The topological polar surface area (TPSA) is 6.48 Å². The Morgan fingerprint density at radius 1 is 1.36 bits per heavy atom. The van der Waals surface area contributed by atoms with E-state index < -0.39 is 0 Å². The van der Waals surface area contributed by atoms with Crippen LogP contribution in [-0.4, -0.2) is 14.1 Å². The highest BCUT2D eigenvalue weighted by atomic mass is 32.1.